The van der Waals surface area contributed by atoms with Crippen LogP contribution in [0.4, 0.5) is 0 Å². The zero-order valence-corrected chi connectivity index (χ0v) is 19.8. The summed E-state index contributed by atoms with van der Waals surface area (Å²) >= 11 is 0. The fourth-order valence-corrected chi connectivity index (χ4v) is 3.99. The molecule has 0 bridgehead atoms. The first-order chi connectivity index (χ1) is 14.3. The van der Waals surface area contributed by atoms with E-state index in [9.17, 15) is 4.79 Å². The van der Waals surface area contributed by atoms with Gasteiger partial charge >= 0.3 is 0 Å². The fourth-order valence-electron chi connectivity index (χ4n) is 3.99. The average molecular weight is 526 g/mol. The summed E-state index contributed by atoms with van der Waals surface area (Å²) in [7, 11) is 0. The number of rotatable bonds is 5. The molecular formula is C21H31IN6O2. The van der Waals surface area contributed by atoms with Gasteiger partial charge in [0.1, 0.15) is 6.10 Å². The first-order valence-electron chi connectivity index (χ1n) is 10.6. The van der Waals surface area contributed by atoms with Gasteiger partial charge in [0, 0.05) is 45.9 Å². The molecule has 1 atom stereocenters. The predicted octanol–water partition coefficient (Wildman–Crippen LogP) is 1.94. The molecule has 2 aliphatic rings. The van der Waals surface area contributed by atoms with Gasteiger partial charge in [-0.1, -0.05) is 12.1 Å². The number of amides is 1. The second-order valence-corrected chi connectivity index (χ2v) is 7.48. The number of nitrogens with zero attached hydrogens (tertiary/aromatic N) is 5. The Morgan fingerprint density at radius 2 is 2.00 bits per heavy atom. The fraction of sp³-hybridized carbons (Fsp3) is 0.571. The minimum atomic E-state index is -0.228. The van der Waals surface area contributed by atoms with Crippen LogP contribution in [0.2, 0.25) is 0 Å². The quantitative estimate of drug-likeness (QED) is 0.367. The number of benzene rings is 1. The van der Waals surface area contributed by atoms with E-state index in [1.807, 2.05) is 29.4 Å². The summed E-state index contributed by atoms with van der Waals surface area (Å²) in [4.78, 5) is 26.0. The van der Waals surface area contributed by atoms with Gasteiger partial charge in [0.2, 0.25) is 0 Å². The smallest absolute Gasteiger partial charge is 0.251 e. The van der Waals surface area contributed by atoms with Crippen molar-refractivity contribution in [1.29, 1.82) is 0 Å². The molecule has 2 fully saturated rings. The highest BCUT2D eigenvalue weighted by atomic mass is 127. The number of aromatic nitrogens is 2. The molecule has 1 amide bonds. The van der Waals surface area contributed by atoms with Crippen molar-refractivity contribution in [2.45, 2.75) is 32.4 Å². The van der Waals surface area contributed by atoms with E-state index >= 15 is 0 Å². The number of carbonyl (C=O) groups excluding carboxylic acids is 1. The first kappa shape index (κ1) is 22.8. The molecule has 2 aliphatic heterocycles. The zero-order chi connectivity index (χ0) is 20.1. The molecule has 1 aromatic carbocycles. The molecule has 30 heavy (non-hydrogen) atoms. The van der Waals surface area contributed by atoms with Gasteiger partial charge in [-0.15, -0.1) is 24.0 Å². The van der Waals surface area contributed by atoms with Crippen molar-refractivity contribution in [1.82, 2.24) is 24.7 Å². The minimum absolute atomic E-state index is 0. The number of piperazine rings is 1. The lowest BCUT2D eigenvalue weighted by atomic mass is 10.2. The lowest BCUT2D eigenvalue weighted by Gasteiger charge is -2.37. The highest BCUT2D eigenvalue weighted by Gasteiger charge is 2.30. The molecule has 4 rings (SSSR count). The number of aliphatic imine (C=N–C) groups is 1. The Kier molecular flexibility index (Phi) is 8.32. The van der Waals surface area contributed by atoms with Crippen molar-refractivity contribution in [3.8, 4) is 0 Å². The largest absolute Gasteiger partial charge is 0.368 e. The second-order valence-electron chi connectivity index (χ2n) is 7.48. The van der Waals surface area contributed by atoms with Gasteiger partial charge in [-0.05, 0) is 31.9 Å². The van der Waals surface area contributed by atoms with Crippen LogP contribution in [-0.2, 0) is 16.1 Å². The van der Waals surface area contributed by atoms with Gasteiger partial charge in [0.25, 0.3) is 5.91 Å². The van der Waals surface area contributed by atoms with Crippen molar-refractivity contribution in [2.75, 3.05) is 45.9 Å². The summed E-state index contributed by atoms with van der Waals surface area (Å²) in [6.45, 7) is 8.09. The van der Waals surface area contributed by atoms with E-state index in [0.717, 1.165) is 69.1 Å². The van der Waals surface area contributed by atoms with E-state index in [2.05, 4.69) is 32.8 Å². The standard InChI is InChI=1S/C21H30N6O2.HI/c1-2-22-21(23-9-10-27-16-24-17-6-3-4-7-18(17)27)26-13-11-25(12-14-26)20(28)19-8-5-15-29-19;/h3-4,6-7,16,19H,2,5,8-15H2,1H3,(H,22,23);1H. The Morgan fingerprint density at radius 3 is 2.73 bits per heavy atom. The molecular weight excluding hydrogens is 495 g/mol. The average Bonchev–Trinajstić information content (AvgIpc) is 3.43. The first-order valence-corrected chi connectivity index (χ1v) is 10.6. The normalized spacial score (nSPS) is 19.8. The zero-order valence-electron chi connectivity index (χ0n) is 17.5. The minimum Gasteiger partial charge on any atom is -0.368 e. The summed E-state index contributed by atoms with van der Waals surface area (Å²) in [5.74, 6) is 1.07. The van der Waals surface area contributed by atoms with Crippen molar-refractivity contribution in [3.05, 3.63) is 30.6 Å². The number of hydrogen-bond acceptors (Lipinski definition) is 4. The number of para-hydroxylation sites is 2. The Labute approximate surface area is 194 Å². The molecule has 2 saturated heterocycles. The number of carbonyl (C=O) groups is 1. The molecule has 2 aromatic rings. The number of fused-ring (bicyclic) bond motifs is 1. The summed E-state index contributed by atoms with van der Waals surface area (Å²) < 4.78 is 7.69. The third-order valence-corrected chi connectivity index (χ3v) is 5.56. The lowest BCUT2D eigenvalue weighted by molar-refractivity contribution is -0.142. The highest BCUT2D eigenvalue weighted by Crippen LogP contribution is 2.16. The van der Waals surface area contributed by atoms with Crippen LogP contribution in [0, 0.1) is 0 Å². The molecule has 1 aromatic heterocycles. The maximum Gasteiger partial charge on any atom is 0.251 e. The maximum atomic E-state index is 12.5. The van der Waals surface area contributed by atoms with Crippen molar-refractivity contribution >= 4 is 46.9 Å². The van der Waals surface area contributed by atoms with Gasteiger partial charge in [0.05, 0.1) is 23.9 Å². The van der Waals surface area contributed by atoms with Crippen LogP contribution < -0.4 is 5.32 Å². The predicted molar refractivity (Wildman–Crippen MR) is 128 cm³/mol. The molecule has 1 unspecified atom stereocenters. The van der Waals surface area contributed by atoms with Crippen molar-refractivity contribution < 1.29 is 9.53 Å². The van der Waals surface area contributed by atoms with E-state index < -0.39 is 0 Å². The second kappa shape index (κ2) is 10.9. The summed E-state index contributed by atoms with van der Waals surface area (Å²) in [6.07, 6.45) is 3.49. The topological polar surface area (TPSA) is 75.0 Å². The lowest BCUT2D eigenvalue weighted by Crippen LogP contribution is -2.55. The van der Waals surface area contributed by atoms with E-state index in [1.165, 1.54) is 0 Å². The van der Waals surface area contributed by atoms with Crippen molar-refractivity contribution in [2.24, 2.45) is 4.99 Å². The highest BCUT2D eigenvalue weighted by molar-refractivity contribution is 14.0. The molecule has 0 saturated carbocycles. The monoisotopic (exact) mass is 526 g/mol. The van der Waals surface area contributed by atoms with E-state index in [4.69, 9.17) is 9.73 Å². The summed E-state index contributed by atoms with van der Waals surface area (Å²) in [5.41, 5.74) is 2.14. The van der Waals surface area contributed by atoms with Gasteiger partial charge < -0.3 is 24.4 Å². The number of nitrogens with one attached hydrogen (secondary N) is 1. The Hall–Kier alpha value is -1.88. The van der Waals surface area contributed by atoms with E-state index in [1.54, 1.807) is 0 Å². The third-order valence-electron chi connectivity index (χ3n) is 5.56. The number of imidazole rings is 1. The van der Waals surface area contributed by atoms with Crippen LogP contribution in [0.3, 0.4) is 0 Å². The molecule has 3 heterocycles. The van der Waals surface area contributed by atoms with Gasteiger partial charge in [-0.2, -0.15) is 0 Å². The number of halogens is 1. The Bertz CT molecular complexity index is 856. The third kappa shape index (κ3) is 5.23. The molecule has 1 N–H and O–H groups in total. The van der Waals surface area contributed by atoms with Crippen LogP contribution >= 0.6 is 24.0 Å². The number of ether oxygens (including phenoxy) is 1. The summed E-state index contributed by atoms with van der Waals surface area (Å²) in [5, 5.41) is 3.39. The van der Waals surface area contributed by atoms with Crippen LogP contribution in [0.25, 0.3) is 11.0 Å². The van der Waals surface area contributed by atoms with E-state index in [-0.39, 0.29) is 36.0 Å². The number of guanidine groups is 1. The number of hydrogen-bond donors (Lipinski definition) is 1. The molecule has 8 nitrogen and oxygen atoms in total. The Balaban J connectivity index is 0.00000256. The summed E-state index contributed by atoms with van der Waals surface area (Å²) in [6, 6.07) is 8.15. The van der Waals surface area contributed by atoms with Crippen LogP contribution in [0.5, 0.6) is 0 Å². The molecule has 9 heteroatoms. The molecule has 0 spiro atoms. The Morgan fingerprint density at radius 1 is 1.23 bits per heavy atom. The van der Waals surface area contributed by atoms with Crippen molar-refractivity contribution in [3.63, 3.8) is 0 Å². The van der Waals surface area contributed by atoms with Crippen LogP contribution in [0.1, 0.15) is 19.8 Å². The molecule has 0 aliphatic carbocycles. The SMILES string of the molecule is CCNC(=NCCn1cnc2ccccc21)N1CCN(C(=O)C2CCCO2)CC1.I. The maximum absolute atomic E-state index is 12.5. The molecule has 164 valence electrons. The van der Waals surface area contributed by atoms with Gasteiger partial charge in [0.15, 0.2) is 5.96 Å². The van der Waals surface area contributed by atoms with Gasteiger partial charge in [-0.25, -0.2) is 4.98 Å². The van der Waals surface area contributed by atoms with Crippen LogP contribution in [-0.4, -0.2) is 83.2 Å². The van der Waals surface area contributed by atoms with E-state index in [0.29, 0.717) is 13.2 Å². The van der Waals surface area contributed by atoms with Crippen LogP contribution in [0.15, 0.2) is 35.6 Å². The molecule has 0 radical (unpaired) electrons. The van der Waals surface area contributed by atoms with Gasteiger partial charge in [-0.3, -0.25) is 9.79 Å².